The molecule has 1 aliphatic carbocycles. The molecule has 1 unspecified atom stereocenters. The number of imide groups is 1. The number of anilines is 1. The minimum absolute atomic E-state index is 0.192. The summed E-state index contributed by atoms with van der Waals surface area (Å²) in [6.45, 7) is 3.56. The molecule has 1 aliphatic heterocycles. The lowest BCUT2D eigenvalue weighted by Gasteiger charge is -2.19. The number of halogens is 1. The monoisotopic (exact) mass is 434 g/mol. The molecular weight excluding hydrogens is 412 g/mol. The first-order valence-electron chi connectivity index (χ1n) is 9.76. The van der Waals surface area contributed by atoms with Gasteiger partial charge in [-0.05, 0) is 44.7 Å². The second kappa shape index (κ2) is 8.62. The van der Waals surface area contributed by atoms with Crippen molar-refractivity contribution < 1.29 is 9.59 Å². The number of urea groups is 1. The normalized spacial score (nSPS) is 17.2. The second-order valence-electron chi connectivity index (χ2n) is 7.26. The van der Waals surface area contributed by atoms with E-state index >= 15 is 0 Å². The van der Waals surface area contributed by atoms with Gasteiger partial charge in [0.1, 0.15) is 0 Å². The van der Waals surface area contributed by atoms with Gasteiger partial charge in [-0.1, -0.05) is 35.5 Å². The van der Waals surface area contributed by atoms with E-state index in [2.05, 4.69) is 25.7 Å². The van der Waals surface area contributed by atoms with Crippen molar-refractivity contribution >= 4 is 41.2 Å². The van der Waals surface area contributed by atoms with Gasteiger partial charge in [-0.15, -0.1) is 10.2 Å². The summed E-state index contributed by atoms with van der Waals surface area (Å²) < 4.78 is 1.90. The van der Waals surface area contributed by atoms with Gasteiger partial charge in [-0.3, -0.25) is 14.7 Å². The van der Waals surface area contributed by atoms with E-state index in [1.165, 1.54) is 11.8 Å². The third kappa shape index (κ3) is 4.67. The fraction of sp³-hybridized carbons (Fsp3) is 0.474. The van der Waals surface area contributed by atoms with Gasteiger partial charge in [0.25, 0.3) is 0 Å². The average molecular weight is 435 g/mol. The van der Waals surface area contributed by atoms with E-state index in [0.717, 1.165) is 50.4 Å². The van der Waals surface area contributed by atoms with Crippen LogP contribution in [-0.2, 0) is 4.79 Å². The van der Waals surface area contributed by atoms with Crippen LogP contribution in [0.5, 0.6) is 0 Å². The third-order valence-corrected chi connectivity index (χ3v) is 6.26. The van der Waals surface area contributed by atoms with Crippen LogP contribution < -0.4 is 15.5 Å². The van der Waals surface area contributed by atoms with Crippen LogP contribution in [0.15, 0.2) is 29.4 Å². The number of nitrogens with zero attached hydrogens (tertiary/aromatic N) is 4. The number of hydrogen-bond donors (Lipinski definition) is 2. The molecule has 2 fully saturated rings. The first-order chi connectivity index (χ1) is 14.0. The Morgan fingerprint density at radius 1 is 1.21 bits per heavy atom. The predicted octanol–water partition coefficient (Wildman–Crippen LogP) is 2.99. The number of benzene rings is 1. The van der Waals surface area contributed by atoms with Gasteiger partial charge in [-0.2, -0.15) is 0 Å². The number of carbonyl (C=O) groups is 2. The highest BCUT2D eigenvalue weighted by Gasteiger charge is 2.28. The second-order valence-corrected chi connectivity index (χ2v) is 8.98. The molecule has 1 atom stereocenters. The minimum Gasteiger partial charge on any atom is -0.341 e. The van der Waals surface area contributed by atoms with E-state index in [0.29, 0.717) is 10.2 Å². The Morgan fingerprint density at radius 2 is 1.93 bits per heavy atom. The van der Waals surface area contributed by atoms with E-state index in [-0.39, 0.29) is 11.9 Å². The summed E-state index contributed by atoms with van der Waals surface area (Å²) in [4.78, 5) is 26.5. The van der Waals surface area contributed by atoms with Gasteiger partial charge in [0, 0.05) is 19.1 Å². The van der Waals surface area contributed by atoms with Gasteiger partial charge in [0.05, 0.1) is 16.0 Å². The van der Waals surface area contributed by atoms with Gasteiger partial charge in [0.15, 0.2) is 5.16 Å². The highest BCUT2D eigenvalue weighted by Crippen LogP contribution is 2.33. The topological polar surface area (TPSA) is 92.2 Å². The lowest BCUT2D eigenvalue weighted by molar-refractivity contribution is -0.119. The molecule has 1 saturated heterocycles. The summed E-state index contributed by atoms with van der Waals surface area (Å²) in [6.07, 6.45) is 4.14. The number of carbonyl (C=O) groups excluding carboxylic acids is 2. The molecule has 0 radical (unpaired) electrons. The molecule has 2 heterocycles. The Hall–Kier alpha value is -2.26. The molecule has 8 nitrogen and oxygen atoms in total. The molecule has 1 saturated carbocycles. The maximum Gasteiger partial charge on any atom is 0.321 e. The van der Waals surface area contributed by atoms with Gasteiger partial charge < -0.3 is 10.2 Å². The summed E-state index contributed by atoms with van der Waals surface area (Å²) in [7, 11) is 0. The van der Waals surface area contributed by atoms with Crippen molar-refractivity contribution in [2.75, 3.05) is 18.0 Å². The van der Waals surface area contributed by atoms with E-state index in [1.54, 1.807) is 6.92 Å². The number of para-hydroxylation sites is 1. The fourth-order valence-corrected chi connectivity index (χ4v) is 4.25. The molecule has 1 aromatic carbocycles. The Bertz CT molecular complexity index is 910. The zero-order chi connectivity index (χ0) is 20.4. The summed E-state index contributed by atoms with van der Waals surface area (Å²) in [5.74, 6) is 0.349. The van der Waals surface area contributed by atoms with Crippen molar-refractivity contribution in [2.45, 2.75) is 49.1 Å². The summed E-state index contributed by atoms with van der Waals surface area (Å²) in [6, 6.07) is 7.24. The standard InChI is InChI=1S/C19H23ClN6O2S/c1-12(16(27)22-17(28)21-13-8-9-13)29-19-24-23-18(25-10-4-5-11-25)26(19)15-7-3-2-6-14(15)20/h2-3,6-7,12-13H,4-5,8-11H2,1H3,(H2,21,22,27,28). The number of rotatable bonds is 6. The maximum absolute atomic E-state index is 12.5. The van der Waals surface area contributed by atoms with Crippen LogP contribution in [0.3, 0.4) is 0 Å². The molecule has 2 aromatic rings. The number of amides is 3. The number of nitrogens with one attached hydrogen (secondary N) is 2. The Balaban J connectivity index is 1.55. The molecule has 3 amide bonds. The fourth-order valence-electron chi connectivity index (χ4n) is 3.18. The Morgan fingerprint density at radius 3 is 2.62 bits per heavy atom. The maximum atomic E-state index is 12.5. The predicted molar refractivity (Wildman–Crippen MR) is 113 cm³/mol. The molecule has 2 aliphatic rings. The number of aromatic nitrogens is 3. The smallest absolute Gasteiger partial charge is 0.321 e. The molecular formula is C19H23ClN6O2S. The van der Waals surface area contributed by atoms with Crippen molar-refractivity contribution in [1.29, 1.82) is 0 Å². The third-order valence-electron chi connectivity index (χ3n) is 4.90. The van der Waals surface area contributed by atoms with Crippen LogP contribution in [0, 0.1) is 0 Å². The largest absolute Gasteiger partial charge is 0.341 e. The van der Waals surface area contributed by atoms with E-state index in [4.69, 9.17) is 11.6 Å². The van der Waals surface area contributed by atoms with Gasteiger partial charge >= 0.3 is 6.03 Å². The number of hydrogen-bond acceptors (Lipinski definition) is 6. The van der Waals surface area contributed by atoms with Crippen molar-refractivity contribution in [2.24, 2.45) is 0 Å². The molecule has 10 heteroatoms. The highest BCUT2D eigenvalue weighted by atomic mass is 35.5. The van der Waals surface area contributed by atoms with Crippen LogP contribution in [-0.4, -0.2) is 51.1 Å². The molecule has 29 heavy (non-hydrogen) atoms. The van der Waals surface area contributed by atoms with Crippen LogP contribution in [0.1, 0.15) is 32.6 Å². The lowest BCUT2D eigenvalue weighted by Crippen LogP contribution is -2.43. The Labute approximate surface area is 178 Å². The van der Waals surface area contributed by atoms with Crippen molar-refractivity contribution in [3.63, 3.8) is 0 Å². The number of thioether (sulfide) groups is 1. The van der Waals surface area contributed by atoms with Crippen LogP contribution in [0.2, 0.25) is 5.02 Å². The SMILES string of the molecule is CC(Sc1nnc(N2CCCC2)n1-c1ccccc1Cl)C(=O)NC(=O)NC1CC1. The zero-order valence-corrected chi connectivity index (χ0v) is 17.7. The van der Waals surface area contributed by atoms with Crippen molar-refractivity contribution in [3.8, 4) is 5.69 Å². The molecule has 154 valence electrons. The molecule has 1 aromatic heterocycles. The van der Waals surface area contributed by atoms with Crippen molar-refractivity contribution in [3.05, 3.63) is 29.3 Å². The Kier molecular flexibility index (Phi) is 5.96. The van der Waals surface area contributed by atoms with Gasteiger partial charge in [0.2, 0.25) is 11.9 Å². The minimum atomic E-state index is -0.531. The van der Waals surface area contributed by atoms with E-state index < -0.39 is 11.3 Å². The van der Waals surface area contributed by atoms with E-state index in [1.807, 2.05) is 28.8 Å². The summed E-state index contributed by atoms with van der Waals surface area (Å²) in [5, 5.41) is 14.5. The summed E-state index contributed by atoms with van der Waals surface area (Å²) >= 11 is 7.70. The quantitative estimate of drug-likeness (QED) is 0.679. The summed E-state index contributed by atoms with van der Waals surface area (Å²) in [5.41, 5.74) is 0.766. The van der Waals surface area contributed by atoms with Gasteiger partial charge in [-0.25, -0.2) is 4.79 Å². The highest BCUT2D eigenvalue weighted by molar-refractivity contribution is 8.00. The average Bonchev–Trinajstić information content (AvgIpc) is 3.17. The molecule has 0 bridgehead atoms. The first-order valence-corrected chi connectivity index (χ1v) is 11.0. The lowest BCUT2D eigenvalue weighted by atomic mass is 10.3. The molecule has 0 spiro atoms. The van der Waals surface area contributed by atoms with Crippen LogP contribution >= 0.6 is 23.4 Å². The first kappa shape index (κ1) is 20.0. The zero-order valence-electron chi connectivity index (χ0n) is 16.1. The molecule has 4 rings (SSSR count). The van der Waals surface area contributed by atoms with E-state index in [9.17, 15) is 9.59 Å². The van der Waals surface area contributed by atoms with Crippen LogP contribution in [0.4, 0.5) is 10.7 Å². The molecule has 2 N–H and O–H groups in total. The van der Waals surface area contributed by atoms with Crippen molar-refractivity contribution in [1.82, 2.24) is 25.4 Å². The van der Waals surface area contributed by atoms with Crippen LogP contribution in [0.25, 0.3) is 5.69 Å².